The molecule has 1 aromatic rings. The molecule has 1 N–H and O–H groups in total. The van der Waals surface area contributed by atoms with Crippen LogP contribution in [0.4, 0.5) is 0 Å². The zero-order chi connectivity index (χ0) is 11.4. The SMILES string of the molecule is COc1cccc(CN2CCSCC2)c1O. The maximum Gasteiger partial charge on any atom is 0.162 e. The average Bonchev–Trinajstić information content (AvgIpc) is 2.33. The molecule has 88 valence electrons. The Morgan fingerprint density at radius 1 is 1.38 bits per heavy atom. The van der Waals surface area contributed by atoms with E-state index in [1.165, 1.54) is 11.5 Å². The first-order valence-corrected chi connectivity index (χ1v) is 6.61. The van der Waals surface area contributed by atoms with E-state index in [9.17, 15) is 5.11 Å². The monoisotopic (exact) mass is 239 g/mol. The van der Waals surface area contributed by atoms with Crippen molar-refractivity contribution >= 4 is 11.8 Å². The van der Waals surface area contributed by atoms with E-state index in [2.05, 4.69) is 4.90 Å². The molecule has 0 aromatic heterocycles. The summed E-state index contributed by atoms with van der Waals surface area (Å²) in [5, 5.41) is 9.96. The van der Waals surface area contributed by atoms with E-state index in [-0.39, 0.29) is 5.75 Å². The predicted molar refractivity (Wildman–Crippen MR) is 67.3 cm³/mol. The highest BCUT2D eigenvalue weighted by atomic mass is 32.2. The Kier molecular flexibility index (Phi) is 3.96. The van der Waals surface area contributed by atoms with Crippen molar-refractivity contribution in [2.24, 2.45) is 0 Å². The Hall–Kier alpha value is -0.870. The van der Waals surface area contributed by atoms with Gasteiger partial charge in [0.1, 0.15) is 0 Å². The number of nitrogens with zero attached hydrogens (tertiary/aromatic N) is 1. The summed E-state index contributed by atoms with van der Waals surface area (Å²) in [6.45, 7) is 3.01. The van der Waals surface area contributed by atoms with Crippen LogP contribution >= 0.6 is 11.8 Å². The van der Waals surface area contributed by atoms with Crippen LogP contribution in [0, 0.1) is 0 Å². The van der Waals surface area contributed by atoms with Gasteiger partial charge in [-0.05, 0) is 6.07 Å². The Morgan fingerprint density at radius 2 is 2.12 bits per heavy atom. The summed E-state index contributed by atoms with van der Waals surface area (Å²) in [7, 11) is 1.58. The van der Waals surface area contributed by atoms with E-state index in [0.717, 1.165) is 25.2 Å². The normalized spacial score (nSPS) is 17.3. The first-order chi connectivity index (χ1) is 7.81. The van der Waals surface area contributed by atoms with Crippen molar-refractivity contribution in [1.82, 2.24) is 4.90 Å². The molecular formula is C12H17NO2S. The second kappa shape index (κ2) is 5.46. The van der Waals surface area contributed by atoms with Gasteiger partial charge in [0.05, 0.1) is 7.11 Å². The number of hydrogen-bond acceptors (Lipinski definition) is 4. The molecule has 0 atom stereocenters. The van der Waals surface area contributed by atoms with Crippen molar-refractivity contribution in [3.05, 3.63) is 23.8 Å². The number of phenolic OH excluding ortho intramolecular Hbond substituents is 1. The first-order valence-electron chi connectivity index (χ1n) is 5.46. The van der Waals surface area contributed by atoms with Crippen LogP contribution in [0.1, 0.15) is 5.56 Å². The van der Waals surface area contributed by atoms with E-state index in [1.54, 1.807) is 13.2 Å². The fraction of sp³-hybridized carbons (Fsp3) is 0.500. The van der Waals surface area contributed by atoms with Crippen molar-refractivity contribution in [3.63, 3.8) is 0 Å². The lowest BCUT2D eigenvalue weighted by Crippen LogP contribution is -2.31. The minimum atomic E-state index is 0.281. The van der Waals surface area contributed by atoms with Gasteiger partial charge in [-0.25, -0.2) is 0 Å². The molecule has 0 bridgehead atoms. The van der Waals surface area contributed by atoms with Crippen molar-refractivity contribution in [1.29, 1.82) is 0 Å². The lowest BCUT2D eigenvalue weighted by atomic mass is 10.1. The molecule has 0 amide bonds. The van der Waals surface area contributed by atoms with Crippen LogP contribution in [-0.2, 0) is 6.54 Å². The van der Waals surface area contributed by atoms with E-state index in [1.807, 2.05) is 23.9 Å². The van der Waals surface area contributed by atoms with Crippen molar-refractivity contribution in [2.45, 2.75) is 6.54 Å². The third-order valence-electron chi connectivity index (χ3n) is 2.80. The van der Waals surface area contributed by atoms with Gasteiger partial charge in [0.25, 0.3) is 0 Å². The molecule has 16 heavy (non-hydrogen) atoms. The largest absolute Gasteiger partial charge is 0.504 e. The lowest BCUT2D eigenvalue weighted by Gasteiger charge is -2.26. The predicted octanol–water partition coefficient (Wildman–Crippen LogP) is 1.95. The smallest absolute Gasteiger partial charge is 0.162 e. The Balaban J connectivity index is 2.08. The Labute approximate surface area is 100 Å². The summed E-state index contributed by atoms with van der Waals surface area (Å²) in [4.78, 5) is 2.37. The number of ether oxygens (including phenoxy) is 1. The molecular weight excluding hydrogens is 222 g/mol. The summed E-state index contributed by atoms with van der Waals surface area (Å²) in [6, 6.07) is 5.66. The maximum absolute atomic E-state index is 9.96. The molecule has 1 fully saturated rings. The van der Waals surface area contributed by atoms with Gasteiger partial charge in [-0.1, -0.05) is 12.1 Å². The van der Waals surface area contributed by atoms with Crippen LogP contribution in [0.2, 0.25) is 0 Å². The van der Waals surface area contributed by atoms with Gasteiger partial charge in [0, 0.05) is 36.7 Å². The van der Waals surface area contributed by atoms with Gasteiger partial charge in [-0.15, -0.1) is 0 Å². The standard InChI is InChI=1S/C12H17NO2S/c1-15-11-4-2-3-10(12(11)14)9-13-5-7-16-8-6-13/h2-4,14H,5-9H2,1H3. The quantitative estimate of drug-likeness (QED) is 0.874. The Morgan fingerprint density at radius 3 is 2.81 bits per heavy atom. The van der Waals surface area contributed by atoms with Gasteiger partial charge >= 0.3 is 0 Å². The first kappa shape index (κ1) is 11.6. The van der Waals surface area contributed by atoms with Crippen LogP contribution in [0.15, 0.2) is 18.2 Å². The maximum atomic E-state index is 9.96. The molecule has 0 saturated carbocycles. The molecule has 4 heteroatoms. The number of para-hydroxylation sites is 1. The van der Waals surface area contributed by atoms with E-state index < -0.39 is 0 Å². The fourth-order valence-corrected chi connectivity index (χ4v) is 2.84. The zero-order valence-electron chi connectivity index (χ0n) is 9.48. The van der Waals surface area contributed by atoms with E-state index in [0.29, 0.717) is 5.75 Å². The molecule has 1 saturated heterocycles. The summed E-state index contributed by atoms with van der Waals surface area (Å²) >= 11 is 1.99. The minimum absolute atomic E-state index is 0.281. The topological polar surface area (TPSA) is 32.7 Å². The van der Waals surface area contributed by atoms with Gasteiger partial charge < -0.3 is 9.84 Å². The number of phenols is 1. The molecule has 2 rings (SSSR count). The highest BCUT2D eigenvalue weighted by Crippen LogP contribution is 2.30. The molecule has 0 radical (unpaired) electrons. The van der Waals surface area contributed by atoms with Crippen LogP contribution in [0.25, 0.3) is 0 Å². The van der Waals surface area contributed by atoms with Crippen LogP contribution in [0.5, 0.6) is 11.5 Å². The number of methoxy groups -OCH3 is 1. The zero-order valence-corrected chi connectivity index (χ0v) is 10.3. The number of hydrogen-bond donors (Lipinski definition) is 1. The molecule has 1 aromatic carbocycles. The van der Waals surface area contributed by atoms with E-state index in [4.69, 9.17) is 4.74 Å². The van der Waals surface area contributed by atoms with E-state index >= 15 is 0 Å². The highest BCUT2D eigenvalue weighted by molar-refractivity contribution is 7.99. The van der Waals surface area contributed by atoms with Gasteiger partial charge in [-0.3, -0.25) is 4.90 Å². The summed E-state index contributed by atoms with van der Waals surface area (Å²) in [5.41, 5.74) is 0.950. The molecule has 1 aliphatic heterocycles. The number of rotatable bonds is 3. The highest BCUT2D eigenvalue weighted by Gasteiger charge is 2.14. The summed E-state index contributed by atoms with van der Waals surface area (Å²) in [6.07, 6.45) is 0. The molecule has 0 aliphatic carbocycles. The van der Waals surface area contributed by atoms with Crippen molar-refractivity contribution in [2.75, 3.05) is 31.7 Å². The number of benzene rings is 1. The lowest BCUT2D eigenvalue weighted by molar-refractivity contribution is 0.287. The van der Waals surface area contributed by atoms with Crippen LogP contribution in [0.3, 0.4) is 0 Å². The van der Waals surface area contributed by atoms with Gasteiger partial charge in [0.2, 0.25) is 0 Å². The van der Waals surface area contributed by atoms with Gasteiger partial charge in [-0.2, -0.15) is 11.8 Å². The third-order valence-corrected chi connectivity index (χ3v) is 3.74. The second-order valence-electron chi connectivity index (χ2n) is 3.86. The molecule has 0 spiro atoms. The van der Waals surface area contributed by atoms with Crippen molar-refractivity contribution < 1.29 is 9.84 Å². The fourth-order valence-electron chi connectivity index (χ4n) is 1.86. The van der Waals surface area contributed by atoms with Crippen LogP contribution in [-0.4, -0.2) is 41.7 Å². The minimum Gasteiger partial charge on any atom is -0.504 e. The van der Waals surface area contributed by atoms with Gasteiger partial charge in [0.15, 0.2) is 11.5 Å². The number of thioether (sulfide) groups is 1. The third kappa shape index (κ3) is 2.62. The Bertz CT molecular complexity index is 351. The summed E-state index contributed by atoms with van der Waals surface area (Å²) < 4.78 is 5.10. The molecule has 1 aliphatic rings. The molecule has 3 nitrogen and oxygen atoms in total. The molecule has 1 heterocycles. The van der Waals surface area contributed by atoms with Crippen molar-refractivity contribution in [3.8, 4) is 11.5 Å². The summed E-state index contributed by atoms with van der Waals surface area (Å²) in [5.74, 6) is 3.21. The van der Waals surface area contributed by atoms with Crippen LogP contribution < -0.4 is 4.74 Å². The number of aromatic hydroxyl groups is 1. The second-order valence-corrected chi connectivity index (χ2v) is 5.08. The molecule has 0 unspecified atom stereocenters. The average molecular weight is 239 g/mol.